The Bertz CT molecular complexity index is 373. The zero-order valence-electron chi connectivity index (χ0n) is 19.9. The Morgan fingerprint density at radius 2 is 1.26 bits per heavy atom. The minimum Gasteiger partial charge on any atom is -0.410 e. The number of allylic oxidation sites excluding steroid dienone is 3. The largest absolute Gasteiger partial charge is 0.410 e. The minimum absolute atomic E-state index is 0.295. The van der Waals surface area contributed by atoms with Crippen molar-refractivity contribution in [1.29, 1.82) is 0 Å². The van der Waals surface area contributed by atoms with Crippen LogP contribution in [0.25, 0.3) is 0 Å². The predicted octanol–water partition coefficient (Wildman–Crippen LogP) is 9.21. The van der Waals surface area contributed by atoms with Gasteiger partial charge in [-0.2, -0.15) is 0 Å². The van der Waals surface area contributed by atoms with E-state index in [0.717, 1.165) is 6.42 Å². The van der Waals surface area contributed by atoms with Crippen LogP contribution < -0.4 is 0 Å². The molecule has 0 aliphatic rings. The lowest BCUT2D eigenvalue weighted by molar-refractivity contribution is 0.203. The van der Waals surface area contributed by atoms with E-state index in [2.05, 4.69) is 79.7 Å². The maximum absolute atomic E-state index is 7.06. The highest BCUT2D eigenvalue weighted by Crippen LogP contribution is 2.43. The molecule has 0 radical (unpaired) electrons. The van der Waals surface area contributed by atoms with Crippen LogP contribution in [0.2, 0.25) is 16.6 Å². The molecule has 0 saturated heterocycles. The smallest absolute Gasteiger partial charge is 0.201 e. The summed E-state index contributed by atoms with van der Waals surface area (Å²) in [6, 6.07) is 0. The van der Waals surface area contributed by atoms with Crippen molar-refractivity contribution in [2.24, 2.45) is 0 Å². The average Bonchev–Trinajstić information content (AvgIpc) is 2.60. The lowest BCUT2D eigenvalue weighted by Gasteiger charge is -2.44. The van der Waals surface area contributed by atoms with Gasteiger partial charge in [0.05, 0.1) is 6.10 Å². The van der Waals surface area contributed by atoms with Crippen molar-refractivity contribution in [2.45, 2.75) is 136 Å². The van der Waals surface area contributed by atoms with Gasteiger partial charge in [-0.1, -0.05) is 112 Å². The van der Waals surface area contributed by atoms with E-state index in [9.17, 15) is 0 Å². The molecule has 0 bridgehead atoms. The maximum Gasteiger partial charge on any atom is 0.201 e. The predicted molar refractivity (Wildman–Crippen MR) is 127 cm³/mol. The van der Waals surface area contributed by atoms with Crippen LogP contribution in [-0.4, -0.2) is 14.4 Å². The second kappa shape index (κ2) is 15.6. The van der Waals surface area contributed by atoms with Crippen LogP contribution in [0.5, 0.6) is 0 Å². The molecule has 2 heteroatoms. The molecule has 0 rings (SSSR count). The Balaban J connectivity index is 4.98. The summed E-state index contributed by atoms with van der Waals surface area (Å²) in [5.41, 5.74) is 1.95. The van der Waals surface area contributed by atoms with Crippen molar-refractivity contribution in [3.05, 3.63) is 24.3 Å². The molecule has 0 amide bonds. The fourth-order valence-corrected chi connectivity index (χ4v) is 10.0. The summed E-state index contributed by atoms with van der Waals surface area (Å²) in [7, 11) is -1.81. The Morgan fingerprint density at radius 1 is 0.704 bits per heavy atom. The van der Waals surface area contributed by atoms with Gasteiger partial charge in [-0.05, 0) is 42.3 Å². The van der Waals surface area contributed by atoms with Crippen LogP contribution >= 0.6 is 0 Å². The molecule has 0 aliphatic heterocycles. The van der Waals surface area contributed by atoms with Gasteiger partial charge in [0, 0.05) is 0 Å². The normalized spacial score (nSPS) is 14.5. The molecule has 0 aliphatic carbocycles. The first-order valence-electron chi connectivity index (χ1n) is 11.8. The summed E-state index contributed by atoms with van der Waals surface area (Å²) in [6.07, 6.45) is 21.0. The summed E-state index contributed by atoms with van der Waals surface area (Å²) in [6.45, 7) is 18.9. The molecule has 1 nitrogen and oxygen atoms in total. The van der Waals surface area contributed by atoms with Crippen LogP contribution in [-0.2, 0) is 4.43 Å². The molecule has 1 unspecified atom stereocenters. The van der Waals surface area contributed by atoms with E-state index >= 15 is 0 Å². The van der Waals surface area contributed by atoms with Gasteiger partial charge < -0.3 is 4.43 Å². The zero-order valence-corrected chi connectivity index (χ0v) is 20.9. The first-order valence-corrected chi connectivity index (χ1v) is 14.0. The Kier molecular flexibility index (Phi) is 15.4. The summed E-state index contributed by atoms with van der Waals surface area (Å²) in [5.74, 6) is 0. The summed E-state index contributed by atoms with van der Waals surface area (Å²) < 4.78 is 7.06. The second-order valence-corrected chi connectivity index (χ2v) is 14.5. The lowest BCUT2D eigenvalue weighted by Crippen LogP contribution is -2.49. The quantitative estimate of drug-likeness (QED) is 0.144. The monoisotopic (exact) mass is 394 g/mol. The third kappa shape index (κ3) is 10.1. The van der Waals surface area contributed by atoms with Crippen LogP contribution in [0.1, 0.15) is 113 Å². The van der Waals surface area contributed by atoms with E-state index < -0.39 is 8.32 Å². The lowest BCUT2D eigenvalue weighted by atomic mass is 10.1. The van der Waals surface area contributed by atoms with Crippen molar-refractivity contribution in [1.82, 2.24) is 0 Å². The van der Waals surface area contributed by atoms with Crippen LogP contribution in [0.15, 0.2) is 24.3 Å². The molecular formula is C25H50OSi. The minimum atomic E-state index is -1.81. The molecule has 160 valence electrons. The van der Waals surface area contributed by atoms with E-state index in [1.165, 1.54) is 51.4 Å². The molecule has 0 saturated carbocycles. The molecule has 27 heavy (non-hydrogen) atoms. The van der Waals surface area contributed by atoms with Crippen molar-refractivity contribution < 1.29 is 4.43 Å². The van der Waals surface area contributed by atoms with E-state index in [4.69, 9.17) is 4.43 Å². The molecule has 0 aromatic carbocycles. The molecule has 0 heterocycles. The van der Waals surface area contributed by atoms with Gasteiger partial charge in [0.25, 0.3) is 0 Å². The number of hydrogen-bond acceptors (Lipinski definition) is 1. The topological polar surface area (TPSA) is 9.23 Å². The standard InChI is InChI=1S/C25H50OSi/c1-9-11-13-14-15-16-17-19-21-25(20-18-12-10-2)26-27(22(3)4,23(5)6)24(7)8/h15-16,19,21-25H,9-14,17-18,20H2,1-8H3/b16-15+,21-19+. The van der Waals surface area contributed by atoms with Crippen LogP contribution in [0.3, 0.4) is 0 Å². The van der Waals surface area contributed by atoms with Gasteiger partial charge in [0.1, 0.15) is 0 Å². The first-order chi connectivity index (χ1) is 12.8. The van der Waals surface area contributed by atoms with E-state index in [1.54, 1.807) is 0 Å². The summed E-state index contributed by atoms with van der Waals surface area (Å²) in [5, 5.41) is 0. The molecule has 0 aromatic heterocycles. The van der Waals surface area contributed by atoms with Crippen molar-refractivity contribution in [3.63, 3.8) is 0 Å². The highest BCUT2D eigenvalue weighted by Gasteiger charge is 2.46. The Hall–Kier alpha value is -0.343. The number of hydrogen-bond donors (Lipinski definition) is 0. The van der Waals surface area contributed by atoms with Gasteiger partial charge in [-0.25, -0.2) is 0 Å². The molecule has 1 atom stereocenters. The number of unbranched alkanes of at least 4 members (excludes halogenated alkanes) is 5. The van der Waals surface area contributed by atoms with Crippen LogP contribution in [0.4, 0.5) is 0 Å². The van der Waals surface area contributed by atoms with Gasteiger partial charge in [-0.3, -0.25) is 0 Å². The highest BCUT2D eigenvalue weighted by atomic mass is 28.4. The van der Waals surface area contributed by atoms with Gasteiger partial charge in [-0.15, -0.1) is 0 Å². The molecule has 0 spiro atoms. The van der Waals surface area contributed by atoms with E-state index in [0.29, 0.717) is 22.7 Å². The summed E-state index contributed by atoms with van der Waals surface area (Å²) >= 11 is 0. The molecule has 0 fully saturated rings. The fourth-order valence-electron chi connectivity index (χ4n) is 4.50. The van der Waals surface area contributed by atoms with Crippen molar-refractivity contribution in [2.75, 3.05) is 0 Å². The first kappa shape index (κ1) is 26.7. The van der Waals surface area contributed by atoms with Crippen LogP contribution in [0, 0.1) is 0 Å². The Labute approximate surface area is 173 Å². The number of rotatable bonds is 16. The van der Waals surface area contributed by atoms with E-state index in [1.807, 2.05) is 0 Å². The third-order valence-corrected chi connectivity index (χ3v) is 12.0. The average molecular weight is 395 g/mol. The van der Waals surface area contributed by atoms with Crippen molar-refractivity contribution in [3.8, 4) is 0 Å². The van der Waals surface area contributed by atoms with E-state index in [-0.39, 0.29) is 0 Å². The van der Waals surface area contributed by atoms with Crippen molar-refractivity contribution >= 4 is 8.32 Å². The van der Waals surface area contributed by atoms with Gasteiger partial charge >= 0.3 is 0 Å². The molecule has 0 aromatic rings. The summed E-state index contributed by atoms with van der Waals surface area (Å²) in [4.78, 5) is 0. The maximum atomic E-state index is 7.06. The third-order valence-electron chi connectivity index (χ3n) is 5.92. The second-order valence-electron chi connectivity index (χ2n) is 9.10. The molecule has 0 N–H and O–H groups in total. The van der Waals surface area contributed by atoms with Gasteiger partial charge in [0.15, 0.2) is 0 Å². The zero-order chi connectivity index (χ0) is 20.7. The Morgan fingerprint density at radius 3 is 1.78 bits per heavy atom. The highest BCUT2D eigenvalue weighted by molar-refractivity contribution is 6.77. The SMILES string of the molecule is CCCCC/C=C/C/C=C/C(CCCCC)O[Si](C(C)C)(C(C)C)C(C)C. The molecular weight excluding hydrogens is 344 g/mol. The van der Waals surface area contributed by atoms with Gasteiger partial charge in [0.2, 0.25) is 8.32 Å². The fraction of sp³-hybridized carbons (Fsp3) is 0.840.